The number of carbonyl (C=O) groups excluding carboxylic acids is 1. The van der Waals surface area contributed by atoms with Crippen LogP contribution < -0.4 is 9.62 Å². The molecule has 1 N–H and O–H groups in total. The summed E-state index contributed by atoms with van der Waals surface area (Å²) in [6.07, 6.45) is 2.79. The van der Waals surface area contributed by atoms with E-state index in [1.54, 1.807) is 43.3 Å². The van der Waals surface area contributed by atoms with Crippen molar-refractivity contribution in [2.24, 2.45) is 0 Å². The molecule has 0 unspecified atom stereocenters. The number of hydrogen-bond donors (Lipinski definition) is 1. The lowest BCUT2D eigenvalue weighted by molar-refractivity contribution is -0.120. The van der Waals surface area contributed by atoms with E-state index in [4.69, 9.17) is 11.6 Å². The van der Waals surface area contributed by atoms with Crippen molar-refractivity contribution in [2.45, 2.75) is 37.1 Å². The van der Waals surface area contributed by atoms with Gasteiger partial charge in [-0.25, -0.2) is 8.42 Å². The van der Waals surface area contributed by atoms with Crippen molar-refractivity contribution in [3.63, 3.8) is 0 Å². The molecule has 0 fully saturated rings. The first kappa shape index (κ1) is 22.4. The van der Waals surface area contributed by atoms with Gasteiger partial charge in [0.2, 0.25) is 5.91 Å². The van der Waals surface area contributed by atoms with Gasteiger partial charge in [0.15, 0.2) is 0 Å². The van der Waals surface area contributed by atoms with Gasteiger partial charge in [-0.3, -0.25) is 9.10 Å². The van der Waals surface area contributed by atoms with Gasteiger partial charge < -0.3 is 5.32 Å². The Labute approximate surface area is 194 Å². The maximum atomic E-state index is 13.5. The largest absolute Gasteiger partial charge is 0.348 e. The van der Waals surface area contributed by atoms with Crippen LogP contribution in [0.2, 0.25) is 5.02 Å². The second kappa shape index (κ2) is 9.35. The van der Waals surface area contributed by atoms with Crippen molar-refractivity contribution in [1.82, 2.24) is 5.32 Å². The topological polar surface area (TPSA) is 66.5 Å². The van der Waals surface area contributed by atoms with Crippen LogP contribution in [0.1, 0.15) is 35.6 Å². The minimum absolute atomic E-state index is 0.125. The van der Waals surface area contributed by atoms with E-state index in [2.05, 4.69) is 11.4 Å². The molecule has 1 aliphatic carbocycles. The van der Waals surface area contributed by atoms with Gasteiger partial charge in [-0.15, -0.1) is 0 Å². The fourth-order valence-electron chi connectivity index (χ4n) is 4.19. The molecule has 7 heteroatoms. The van der Waals surface area contributed by atoms with Gasteiger partial charge in [0.1, 0.15) is 6.54 Å². The van der Waals surface area contributed by atoms with Gasteiger partial charge in [0.05, 0.1) is 16.6 Å². The Morgan fingerprint density at radius 2 is 1.78 bits per heavy atom. The normalized spacial score (nSPS) is 15.6. The summed E-state index contributed by atoms with van der Waals surface area (Å²) in [6.45, 7) is 1.46. The molecule has 32 heavy (non-hydrogen) atoms. The summed E-state index contributed by atoms with van der Waals surface area (Å²) in [5, 5.41) is 3.56. The number of amides is 1. The van der Waals surface area contributed by atoms with E-state index < -0.39 is 10.0 Å². The Morgan fingerprint density at radius 1 is 1.06 bits per heavy atom. The van der Waals surface area contributed by atoms with Gasteiger partial charge in [-0.2, -0.15) is 0 Å². The highest BCUT2D eigenvalue weighted by atomic mass is 35.5. The van der Waals surface area contributed by atoms with Crippen molar-refractivity contribution in [3.05, 3.63) is 94.5 Å². The molecule has 0 radical (unpaired) electrons. The average Bonchev–Trinajstić information content (AvgIpc) is 2.79. The summed E-state index contributed by atoms with van der Waals surface area (Å²) >= 11 is 6.09. The van der Waals surface area contributed by atoms with Gasteiger partial charge in [-0.1, -0.05) is 54.1 Å². The molecule has 0 saturated heterocycles. The van der Waals surface area contributed by atoms with Gasteiger partial charge in [0.25, 0.3) is 10.0 Å². The molecule has 0 bridgehead atoms. The van der Waals surface area contributed by atoms with Crippen LogP contribution in [0.5, 0.6) is 0 Å². The Kier molecular flexibility index (Phi) is 6.53. The SMILES string of the molecule is Cc1cc(Cl)ccc1N(CC(=O)N[C@@H]1CCCc2ccccc21)S(=O)(=O)c1ccccc1. The predicted octanol–water partition coefficient (Wildman–Crippen LogP) is 5.04. The molecule has 1 atom stereocenters. The zero-order chi connectivity index (χ0) is 22.7. The minimum Gasteiger partial charge on any atom is -0.348 e. The van der Waals surface area contributed by atoms with E-state index in [1.165, 1.54) is 17.7 Å². The molecule has 0 heterocycles. The monoisotopic (exact) mass is 468 g/mol. The number of anilines is 1. The standard InChI is InChI=1S/C25H25ClN2O3S/c1-18-16-20(26)14-15-24(18)28(32(30,31)21-10-3-2-4-11-21)17-25(29)27-23-13-7-9-19-8-5-6-12-22(19)23/h2-6,8,10-12,14-16,23H,7,9,13,17H2,1H3,(H,27,29)/t23-/m1/s1. The van der Waals surface area contributed by atoms with E-state index in [-0.39, 0.29) is 23.4 Å². The van der Waals surface area contributed by atoms with Gasteiger partial charge in [-0.05, 0) is 73.2 Å². The number of aryl methyl sites for hydroxylation is 2. The number of fused-ring (bicyclic) bond motifs is 1. The third kappa shape index (κ3) is 4.66. The lowest BCUT2D eigenvalue weighted by atomic mass is 9.88. The molecule has 1 amide bonds. The van der Waals surface area contributed by atoms with Crippen LogP contribution in [-0.2, 0) is 21.2 Å². The van der Waals surface area contributed by atoms with Gasteiger partial charge >= 0.3 is 0 Å². The summed E-state index contributed by atoms with van der Waals surface area (Å²) in [5.74, 6) is -0.347. The molecule has 0 aromatic heterocycles. The number of sulfonamides is 1. The molecule has 4 rings (SSSR count). The van der Waals surface area contributed by atoms with Crippen LogP contribution in [0.4, 0.5) is 5.69 Å². The second-order valence-electron chi connectivity index (χ2n) is 7.97. The third-order valence-corrected chi connectivity index (χ3v) is 7.76. The molecular weight excluding hydrogens is 444 g/mol. The van der Waals surface area contributed by atoms with Crippen molar-refractivity contribution >= 4 is 33.2 Å². The van der Waals surface area contributed by atoms with Crippen LogP contribution in [0.25, 0.3) is 0 Å². The highest BCUT2D eigenvalue weighted by Crippen LogP contribution is 2.31. The Bertz CT molecular complexity index is 1230. The van der Waals surface area contributed by atoms with Crippen LogP contribution in [0, 0.1) is 6.92 Å². The van der Waals surface area contributed by atoms with Crippen molar-refractivity contribution in [3.8, 4) is 0 Å². The molecule has 0 saturated carbocycles. The smallest absolute Gasteiger partial charge is 0.264 e. The zero-order valence-electron chi connectivity index (χ0n) is 17.8. The zero-order valence-corrected chi connectivity index (χ0v) is 19.4. The maximum absolute atomic E-state index is 13.5. The predicted molar refractivity (Wildman–Crippen MR) is 127 cm³/mol. The first-order chi connectivity index (χ1) is 15.4. The average molecular weight is 469 g/mol. The first-order valence-corrected chi connectivity index (χ1v) is 12.4. The number of nitrogens with zero attached hydrogens (tertiary/aromatic N) is 1. The highest BCUT2D eigenvalue weighted by Gasteiger charge is 2.30. The molecule has 0 aliphatic heterocycles. The minimum atomic E-state index is -3.96. The fraction of sp³-hybridized carbons (Fsp3) is 0.240. The number of hydrogen-bond acceptors (Lipinski definition) is 3. The Balaban J connectivity index is 1.65. The summed E-state index contributed by atoms with van der Waals surface area (Å²) in [4.78, 5) is 13.2. The maximum Gasteiger partial charge on any atom is 0.264 e. The molecule has 1 aliphatic rings. The summed E-state index contributed by atoms with van der Waals surface area (Å²) in [5.41, 5.74) is 3.43. The van der Waals surface area contributed by atoms with Crippen molar-refractivity contribution < 1.29 is 13.2 Å². The number of nitrogens with one attached hydrogen (secondary N) is 1. The quantitative estimate of drug-likeness (QED) is 0.551. The lowest BCUT2D eigenvalue weighted by Crippen LogP contribution is -2.42. The van der Waals surface area contributed by atoms with E-state index in [1.807, 2.05) is 18.2 Å². The van der Waals surface area contributed by atoms with Crippen LogP contribution in [0.3, 0.4) is 0 Å². The van der Waals surface area contributed by atoms with E-state index >= 15 is 0 Å². The van der Waals surface area contributed by atoms with E-state index in [0.29, 0.717) is 16.3 Å². The van der Waals surface area contributed by atoms with E-state index in [0.717, 1.165) is 29.1 Å². The highest BCUT2D eigenvalue weighted by molar-refractivity contribution is 7.92. The molecule has 5 nitrogen and oxygen atoms in total. The Morgan fingerprint density at radius 3 is 2.53 bits per heavy atom. The van der Waals surface area contributed by atoms with E-state index in [9.17, 15) is 13.2 Å². The summed E-state index contributed by atoms with van der Waals surface area (Å²) in [6, 6.07) is 21.1. The number of rotatable bonds is 6. The molecule has 0 spiro atoms. The first-order valence-electron chi connectivity index (χ1n) is 10.6. The second-order valence-corrected chi connectivity index (χ2v) is 10.3. The molecule has 3 aromatic rings. The van der Waals surface area contributed by atoms with Crippen LogP contribution >= 0.6 is 11.6 Å². The Hall–Kier alpha value is -2.83. The summed E-state index contributed by atoms with van der Waals surface area (Å²) in [7, 11) is -3.96. The number of halogens is 1. The van der Waals surface area contributed by atoms with Crippen LogP contribution in [-0.4, -0.2) is 20.9 Å². The lowest BCUT2D eigenvalue weighted by Gasteiger charge is -2.29. The fourth-order valence-corrected chi connectivity index (χ4v) is 5.93. The van der Waals surface area contributed by atoms with Crippen molar-refractivity contribution in [1.29, 1.82) is 0 Å². The summed E-state index contributed by atoms with van der Waals surface area (Å²) < 4.78 is 28.2. The van der Waals surface area contributed by atoms with Crippen LogP contribution in [0.15, 0.2) is 77.7 Å². The number of carbonyl (C=O) groups is 1. The van der Waals surface area contributed by atoms with Crippen molar-refractivity contribution in [2.75, 3.05) is 10.8 Å². The molecular formula is C25H25ClN2O3S. The third-order valence-electron chi connectivity index (χ3n) is 5.75. The number of benzene rings is 3. The molecule has 166 valence electrons. The molecule has 3 aromatic carbocycles. The van der Waals surface area contributed by atoms with Gasteiger partial charge in [0, 0.05) is 5.02 Å².